The van der Waals surface area contributed by atoms with Crippen molar-refractivity contribution in [1.82, 2.24) is 5.32 Å². The summed E-state index contributed by atoms with van der Waals surface area (Å²) >= 11 is 7.87. The van der Waals surface area contributed by atoms with Crippen LogP contribution in [0.4, 0.5) is 5.69 Å². The molecule has 0 aromatic heterocycles. The summed E-state index contributed by atoms with van der Waals surface area (Å²) in [5.41, 5.74) is 3.09. The van der Waals surface area contributed by atoms with E-state index in [0.717, 1.165) is 27.7 Å². The van der Waals surface area contributed by atoms with Gasteiger partial charge in [-0.2, -0.15) is 11.8 Å². The van der Waals surface area contributed by atoms with Gasteiger partial charge in [-0.25, -0.2) is 0 Å². The van der Waals surface area contributed by atoms with E-state index in [1.165, 1.54) is 12.1 Å². The monoisotopic (exact) mass is 452 g/mol. The van der Waals surface area contributed by atoms with Crippen LogP contribution >= 0.6 is 23.4 Å². The average Bonchev–Trinajstić information content (AvgIpc) is 2.79. The number of carbonyl (C=O) groups is 1. The van der Waals surface area contributed by atoms with E-state index in [2.05, 4.69) is 5.32 Å². The number of nitro benzene ring substituents is 1. The van der Waals surface area contributed by atoms with Crippen molar-refractivity contribution in [2.75, 3.05) is 12.3 Å². The molecule has 1 amide bonds. The van der Waals surface area contributed by atoms with Crippen LogP contribution in [0, 0.1) is 10.1 Å². The first-order valence-electron chi connectivity index (χ1n) is 9.65. The lowest BCUT2D eigenvalue weighted by molar-refractivity contribution is -0.384. The molecule has 0 saturated carbocycles. The second-order valence-electron chi connectivity index (χ2n) is 6.67. The van der Waals surface area contributed by atoms with Crippen molar-refractivity contribution >= 4 is 46.6 Å². The van der Waals surface area contributed by atoms with Crippen LogP contribution in [0.1, 0.15) is 16.7 Å². The quantitative estimate of drug-likeness (QED) is 0.145. The van der Waals surface area contributed by atoms with Gasteiger partial charge in [0.25, 0.3) is 11.6 Å². The zero-order chi connectivity index (χ0) is 22.1. The van der Waals surface area contributed by atoms with Crippen LogP contribution in [0.3, 0.4) is 0 Å². The molecule has 0 heterocycles. The smallest absolute Gasteiger partial charge is 0.269 e. The molecule has 7 heteroatoms. The van der Waals surface area contributed by atoms with Crippen molar-refractivity contribution in [2.24, 2.45) is 0 Å². The summed E-state index contributed by atoms with van der Waals surface area (Å²) in [4.78, 5) is 23.3. The molecule has 5 nitrogen and oxygen atoms in total. The van der Waals surface area contributed by atoms with E-state index in [-0.39, 0.29) is 11.6 Å². The third-order valence-corrected chi connectivity index (χ3v) is 5.87. The van der Waals surface area contributed by atoms with E-state index < -0.39 is 4.92 Å². The van der Waals surface area contributed by atoms with Crippen molar-refractivity contribution in [2.45, 2.75) is 5.75 Å². The number of rotatable bonds is 9. The minimum atomic E-state index is -0.446. The molecule has 0 fully saturated rings. The Morgan fingerprint density at radius 2 is 1.68 bits per heavy atom. The van der Waals surface area contributed by atoms with E-state index in [9.17, 15) is 14.9 Å². The predicted octanol–water partition coefficient (Wildman–Crippen LogP) is 5.84. The molecule has 158 valence electrons. The third kappa shape index (κ3) is 6.70. The van der Waals surface area contributed by atoms with Crippen LogP contribution in [0.25, 0.3) is 11.6 Å². The van der Waals surface area contributed by atoms with Crippen LogP contribution in [-0.2, 0) is 10.5 Å². The predicted molar refractivity (Wildman–Crippen MR) is 128 cm³/mol. The number of carbonyl (C=O) groups excluding carboxylic acids is 1. The molecule has 3 aromatic rings. The Kier molecular flexibility index (Phi) is 8.27. The molecule has 0 aliphatic rings. The molecule has 0 bridgehead atoms. The third-order valence-electron chi connectivity index (χ3n) is 4.49. The first-order chi connectivity index (χ1) is 15.0. The second kappa shape index (κ2) is 11.3. The number of nitrogens with one attached hydrogen (secondary N) is 1. The van der Waals surface area contributed by atoms with Crippen LogP contribution in [0.15, 0.2) is 78.9 Å². The van der Waals surface area contributed by atoms with Crippen LogP contribution in [-0.4, -0.2) is 23.1 Å². The van der Waals surface area contributed by atoms with Gasteiger partial charge in [-0.15, -0.1) is 0 Å². The highest BCUT2D eigenvalue weighted by Gasteiger charge is 2.12. The molecule has 31 heavy (non-hydrogen) atoms. The van der Waals surface area contributed by atoms with Gasteiger partial charge in [0.1, 0.15) is 0 Å². The molecule has 0 aliphatic heterocycles. The lowest BCUT2D eigenvalue weighted by atomic mass is 10.0. The molecular weight excluding hydrogens is 432 g/mol. The maximum atomic E-state index is 12.9. The Balaban J connectivity index is 1.64. The minimum absolute atomic E-state index is 0.0124. The maximum Gasteiger partial charge on any atom is 0.269 e. The van der Waals surface area contributed by atoms with Crippen LogP contribution in [0.2, 0.25) is 5.02 Å². The summed E-state index contributed by atoms with van der Waals surface area (Å²) in [5.74, 6) is 1.33. The molecule has 0 aliphatic carbocycles. The number of hydrogen-bond acceptors (Lipinski definition) is 4. The number of hydrogen-bond donors (Lipinski definition) is 1. The summed E-state index contributed by atoms with van der Waals surface area (Å²) in [7, 11) is 0. The maximum absolute atomic E-state index is 12.9. The zero-order valence-corrected chi connectivity index (χ0v) is 18.2. The van der Waals surface area contributed by atoms with Gasteiger partial charge in [0.15, 0.2) is 0 Å². The summed E-state index contributed by atoms with van der Waals surface area (Å²) < 4.78 is 0. The summed E-state index contributed by atoms with van der Waals surface area (Å²) in [5, 5.41) is 14.6. The van der Waals surface area contributed by atoms with E-state index in [1.54, 1.807) is 30.0 Å². The van der Waals surface area contributed by atoms with Crippen molar-refractivity contribution in [3.63, 3.8) is 0 Å². The average molecular weight is 453 g/mol. The second-order valence-corrected chi connectivity index (χ2v) is 8.18. The molecule has 0 spiro atoms. The highest BCUT2D eigenvalue weighted by molar-refractivity contribution is 7.98. The minimum Gasteiger partial charge on any atom is -0.351 e. The number of nitro groups is 1. The number of amides is 1. The van der Waals surface area contributed by atoms with Crippen molar-refractivity contribution in [1.29, 1.82) is 0 Å². The van der Waals surface area contributed by atoms with Gasteiger partial charge in [-0.05, 0) is 41.0 Å². The van der Waals surface area contributed by atoms with E-state index in [1.807, 2.05) is 54.6 Å². The standard InChI is InChI=1S/C24H21ClN2O3S/c25-23-9-5-4-8-20(23)17-31-15-14-26-24(28)22(19-6-2-1-3-7-19)16-18-10-12-21(13-11-18)27(29)30/h1-13,16H,14-15,17H2,(H,26,28)/b22-16+. The molecule has 0 radical (unpaired) electrons. The van der Waals surface area contributed by atoms with E-state index in [0.29, 0.717) is 17.7 Å². The molecule has 1 N–H and O–H groups in total. The number of halogens is 1. The fourth-order valence-corrected chi connectivity index (χ4v) is 4.03. The Hall–Kier alpha value is -3.09. The van der Waals surface area contributed by atoms with Gasteiger partial charge in [0.2, 0.25) is 0 Å². The molecular formula is C24H21ClN2O3S. The fraction of sp³-hybridized carbons (Fsp3) is 0.125. The van der Waals surface area contributed by atoms with Gasteiger partial charge in [0, 0.05) is 40.8 Å². The molecule has 3 aromatic carbocycles. The highest BCUT2D eigenvalue weighted by Crippen LogP contribution is 2.22. The zero-order valence-electron chi connectivity index (χ0n) is 16.7. The first-order valence-corrected chi connectivity index (χ1v) is 11.2. The Labute approximate surface area is 190 Å². The Morgan fingerprint density at radius 3 is 2.35 bits per heavy atom. The van der Waals surface area contributed by atoms with Crippen LogP contribution < -0.4 is 5.32 Å². The van der Waals surface area contributed by atoms with E-state index >= 15 is 0 Å². The topological polar surface area (TPSA) is 72.2 Å². The first kappa shape index (κ1) is 22.6. The Bertz CT molecular complexity index is 1070. The SMILES string of the molecule is O=C(NCCSCc1ccccc1Cl)/C(=C/c1ccc([N+](=O)[O-])cc1)c1ccccc1. The van der Waals surface area contributed by atoms with Gasteiger partial charge < -0.3 is 5.32 Å². The summed E-state index contributed by atoms with van der Waals surface area (Å²) in [6.45, 7) is 0.512. The van der Waals surface area contributed by atoms with Gasteiger partial charge >= 0.3 is 0 Å². The molecule has 0 saturated heterocycles. The highest BCUT2D eigenvalue weighted by atomic mass is 35.5. The lowest BCUT2D eigenvalue weighted by Gasteiger charge is -2.10. The Morgan fingerprint density at radius 1 is 1.00 bits per heavy atom. The molecule has 0 atom stereocenters. The van der Waals surface area contributed by atoms with Gasteiger partial charge in [0.05, 0.1) is 4.92 Å². The van der Waals surface area contributed by atoms with Gasteiger partial charge in [-0.3, -0.25) is 14.9 Å². The summed E-state index contributed by atoms with van der Waals surface area (Å²) in [6, 6.07) is 23.2. The summed E-state index contributed by atoms with van der Waals surface area (Å²) in [6.07, 6.45) is 1.74. The number of benzene rings is 3. The normalized spacial score (nSPS) is 11.2. The van der Waals surface area contributed by atoms with Crippen molar-refractivity contribution < 1.29 is 9.72 Å². The lowest BCUT2D eigenvalue weighted by Crippen LogP contribution is -2.26. The molecule has 0 unspecified atom stereocenters. The van der Waals surface area contributed by atoms with E-state index in [4.69, 9.17) is 11.6 Å². The number of thioether (sulfide) groups is 1. The molecule has 3 rings (SSSR count). The van der Waals surface area contributed by atoms with Crippen molar-refractivity contribution in [3.05, 3.63) is 111 Å². The van der Waals surface area contributed by atoms with Gasteiger partial charge in [-0.1, -0.05) is 60.1 Å². The largest absolute Gasteiger partial charge is 0.351 e. The van der Waals surface area contributed by atoms with Crippen molar-refractivity contribution in [3.8, 4) is 0 Å². The number of nitrogens with zero attached hydrogens (tertiary/aromatic N) is 1. The van der Waals surface area contributed by atoms with Crippen LogP contribution in [0.5, 0.6) is 0 Å². The fourth-order valence-electron chi connectivity index (χ4n) is 2.89. The number of non-ortho nitro benzene ring substituents is 1.